The zero-order chi connectivity index (χ0) is 14.5. The van der Waals surface area contributed by atoms with E-state index in [4.69, 9.17) is 14.3 Å². The van der Waals surface area contributed by atoms with E-state index in [1.165, 1.54) is 6.07 Å². The molecule has 1 N–H and O–H groups in total. The smallest absolute Gasteiger partial charge is 0.310 e. The van der Waals surface area contributed by atoms with Gasteiger partial charge in [0.15, 0.2) is 5.75 Å². The SMILES string of the molecule is CCOC(=O)C1CCCN(Cc2cc(=O)c(O)co2)C1. The van der Waals surface area contributed by atoms with E-state index in [9.17, 15) is 9.59 Å². The largest absolute Gasteiger partial charge is 0.502 e. The molecule has 1 aromatic rings. The van der Waals surface area contributed by atoms with Gasteiger partial charge in [-0.1, -0.05) is 0 Å². The fraction of sp³-hybridized carbons (Fsp3) is 0.571. The highest BCUT2D eigenvalue weighted by Crippen LogP contribution is 2.19. The van der Waals surface area contributed by atoms with Crippen molar-refractivity contribution in [3.8, 4) is 5.75 Å². The van der Waals surface area contributed by atoms with Crippen molar-refractivity contribution in [3.63, 3.8) is 0 Å². The summed E-state index contributed by atoms with van der Waals surface area (Å²) in [6.07, 6.45) is 2.78. The van der Waals surface area contributed by atoms with Crippen LogP contribution < -0.4 is 5.43 Å². The highest BCUT2D eigenvalue weighted by Gasteiger charge is 2.27. The topological polar surface area (TPSA) is 80.0 Å². The standard InChI is InChI=1S/C14H19NO5/c1-2-19-14(18)10-4-3-5-15(7-10)8-11-6-12(16)13(17)9-20-11/h6,9-10,17H,2-5,7-8H2,1H3. The summed E-state index contributed by atoms with van der Waals surface area (Å²) in [6, 6.07) is 1.28. The first-order valence-corrected chi connectivity index (χ1v) is 6.80. The molecule has 20 heavy (non-hydrogen) atoms. The molecular formula is C14H19NO5. The number of ether oxygens (including phenoxy) is 1. The molecular weight excluding hydrogens is 262 g/mol. The summed E-state index contributed by atoms with van der Waals surface area (Å²) < 4.78 is 10.2. The molecule has 6 heteroatoms. The van der Waals surface area contributed by atoms with E-state index >= 15 is 0 Å². The molecule has 0 bridgehead atoms. The predicted molar refractivity (Wildman–Crippen MR) is 71.3 cm³/mol. The quantitative estimate of drug-likeness (QED) is 0.833. The Morgan fingerprint density at radius 3 is 3.10 bits per heavy atom. The fourth-order valence-corrected chi connectivity index (χ4v) is 2.40. The Morgan fingerprint density at radius 1 is 1.60 bits per heavy atom. The third-order valence-corrected chi connectivity index (χ3v) is 3.37. The lowest BCUT2D eigenvalue weighted by Gasteiger charge is -2.30. The number of likely N-dealkylation sites (tertiary alicyclic amines) is 1. The number of esters is 1. The lowest BCUT2D eigenvalue weighted by atomic mass is 9.98. The van der Waals surface area contributed by atoms with E-state index in [1.807, 2.05) is 0 Å². The van der Waals surface area contributed by atoms with Gasteiger partial charge in [-0.15, -0.1) is 0 Å². The van der Waals surface area contributed by atoms with Crippen molar-refractivity contribution in [3.05, 3.63) is 28.3 Å². The molecule has 2 rings (SSSR count). The zero-order valence-corrected chi connectivity index (χ0v) is 11.5. The summed E-state index contributed by atoms with van der Waals surface area (Å²) in [5, 5.41) is 9.14. The molecule has 6 nitrogen and oxygen atoms in total. The summed E-state index contributed by atoms with van der Waals surface area (Å²) in [5.41, 5.74) is -0.454. The van der Waals surface area contributed by atoms with Crippen molar-refractivity contribution in [2.45, 2.75) is 26.3 Å². The zero-order valence-electron chi connectivity index (χ0n) is 11.5. The van der Waals surface area contributed by atoms with Gasteiger partial charge in [-0.2, -0.15) is 0 Å². The minimum atomic E-state index is -0.454. The first kappa shape index (κ1) is 14.6. The third kappa shape index (κ3) is 3.60. The number of rotatable bonds is 4. The second-order valence-corrected chi connectivity index (χ2v) is 4.92. The van der Waals surface area contributed by atoms with Crippen molar-refractivity contribution in [1.82, 2.24) is 4.90 Å². The molecule has 1 atom stereocenters. The van der Waals surface area contributed by atoms with E-state index in [2.05, 4.69) is 4.90 Å². The highest BCUT2D eigenvalue weighted by molar-refractivity contribution is 5.72. The van der Waals surface area contributed by atoms with Crippen LogP contribution in [0.1, 0.15) is 25.5 Å². The van der Waals surface area contributed by atoms with Gasteiger partial charge in [0, 0.05) is 12.6 Å². The van der Waals surface area contributed by atoms with E-state index in [0.29, 0.717) is 25.5 Å². The van der Waals surface area contributed by atoms with Crippen LogP contribution in [0.4, 0.5) is 0 Å². The van der Waals surface area contributed by atoms with E-state index < -0.39 is 11.2 Å². The maximum Gasteiger partial charge on any atom is 0.310 e. The number of aromatic hydroxyl groups is 1. The van der Waals surface area contributed by atoms with Crippen molar-refractivity contribution < 1.29 is 19.1 Å². The Bertz CT molecular complexity index is 525. The van der Waals surface area contributed by atoms with Crippen molar-refractivity contribution in [2.75, 3.05) is 19.7 Å². The maximum absolute atomic E-state index is 11.7. The van der Waals surface area contributed by atoms with E-state index in [0.717, 1.165) is 25.6 Å². The summed E-state index contributed by atoms with van der Waals surface area (Å²) >= 11 is 0. The van der Waals surface area contributed by atoms with Crippen molar-refractivity contribution in [1.29, 1.82) is 0 Å². The van der Waals surface area contributed by atoms with Crippen LogP contribution in [-0.4, -0.2) is 35.7 Å². The Hall–Kier alpha value is -1.82. The van der Waals surface area contributed by atoms with Gasteiger partial charge in [0.25, 0.3) is 0 Å². The van der Waals surface area contributed by atoms with E-state index in [1.54, 1.807) is 6.92 Å². The van der Waals surface area contributed by atoms with Gasteiger partial charge in [0.1, 0.15) is 12.0 Å². The number of carbonyl (C=O) groups excluding carboxylic acids is 1. The molecule has 1 fully saturated rings. The average molecular weight is 281 g/mol. The minimum absolute atomic E-state index is 0.118. The Kier molecular flexibility index (Phi) is 4.79. The molecule has 0 spiro atoms. The molecule has 0 aliphatic carbocycles. The van der Waals surface area contributed by atoms with Gasteiger partial charge < -0.3 is 14.3 Å². The van der Waals surface area contributed by atoms with Gasteiger partial charge in [-0.25, -0.2) is 0 Å². The highest BCUT2D eigenvalue weighted by atomic mass is 16.5. The first-order chi connectivity index (χ1) is 9.60. The second-order valence-electron chi connectivity index (χ2n) is 4.92. The predicted octanol–water partition coefficient (Wildman–Crippen LogP) is 1.12. The lowest BCUT2D eigenvalue weighted by Crippen LogP contribution is -2.39. The molecule has 1 aliphatic heterocycles. The molecule has 2 heterocycles. The van der Waals surface area contributed by atoms with Gasteiger partial charge in [-0.05, 0) is 26.3 Å². The number of piperidine rings is 1. The molecule has 0 radical (unpaired) electrons. The Balaban J connectivity index is 1.97. The average Bonchev–Trinajstić information content (AvgIpc) is 2.43. The van der Waals surface area contributed by atoms with Crippen LogP contribution in [0.5, 0.6) is 5.75 Å². The summed E-state index contributed by atoms with van der Waals surface area (Å²) in [4.78, 5) is 25.1. The van der Waals surface area contributed by atoms with Crippen LogP contribution >= 0.6 is 0 Å². The molecule has 0 aromatic carbocycles. The molecule has 0 saturated carbocycles. The van der Waals surface area contributed by atoms with Crippen LogP contribution in [0.25, 0.3) is 0 Å². The molecule has 1 unspecified atom stereocenters. The van der Waals surface area contributed by atoms with Gasteiger partial charge in [0.2, 0.25) is 5.43 Å². The van der Waals surface area contributed by atoms with Crippen LogP contribution in [0.3, 0.4) is 0 Å². The third-order valence-electron chi connectivity index (χ3n) is 3.37. The molecule has 0 amide bonds. The summed E-state index contributed by atoms with van der Waals surface area (Å²) in [5.74, 6) is -0.189. The number of nitrogens with zero attached hydrogens (tertiary/aromatic N) is 1. The Labute approximate surface area is 117 Å². The molecule has 1 aliphatic rings. The van der Waals surface area contributed by atoms with Crippen molar-refractivity contribution >= 4 is 5.97 Å². The number of carbonyl (C=O) groups is 1. The molecule has 110 valence electrons. The van der Waals surface area contributed by atoms with Crippen LogP contribution in [0.2, 0.25) is 0 Å². The first-order valence-electron chi connectivity index (χ1n) is 6.80. The maximum atomic E-state index is 11.7. The van der Waals surface area contributed by atoms with Gasteiger partial charge in [0.05, 0.1) is 19.1 Å². The number of hydrogen-bond donors (Lipinski definition) is 1. The van der Waals surface area contributed by atoms with Crippen LogP contribution in [-0.2, 0) is 16.1 Å². The Morgan fingerprint density at radius 2 is 2.40 bits per heavy atom. The van der Waals surface area contributed by atoms with Gasteiger partial charge in [-0.3, -0.25) is 14.5 Å². The van der Waals surface area contributed by atoms with Crippen LogP contribution in [0, 0.1) is 5.92 Å². The van der Waals surface area contributed by atoms with Gasteiger partial charge >= 0.3 is 5.97 Å². The second kappa shape index (κ2) is 6.56. The monoisotopic (exact) mass is 281 g/mol. The fourth-order valence-electron chi connectivity index (χ4n) is 2.40. The molecule has 1 saturated heterocycles. The van der Waals surface area contributed by atoms with Crippen LogP contribution in [0.15, 0.2) is 21.5 Å². The minimum Gasteiger partial charge on any atom is -0.502 e. The van der Waals surface area contributed by atoms with E-state index in [-0.39, 0.29) is 11.9 Å². The summed E-state index contributed by atoms with van der Waals surface area (Å²) in [6.45, 7) is 4.08. The lowest BCUT2D eigenvalue weighted by molar-refractivity contribution is -0.150. The number of hydrogen-bond acceptors (Lipinski definition) is 6. The van der Waals surface area contributed by atoms with Crippen molar-refractivity contribution in [2.24, 2.45) is 5.92 Å². The normalized spacial score (nSPS) is 19.8. The molecule has 1 aromatic heterocycles. The summed E-state index contributed by atoms with van der Waals surface area (Å²) in [7, 11) is 0.